The Kier molecular flexibility index (Phi) is 3.70. The number of carbonyl (C=O) groups is 1. The van der Waals surface area contributed by atoms with E-state index in [1.807, 2.05) is 0 Å². The molecule has 0 saturated carbocycles. The molecular weight excluding hydrogens is 314 g/mol. The molecule has 2 aliphatic rings. The summed E-state index contributed by atoms with van der Waals surface area (Å²) in [6.45, 7) is 0.276. The van der Waals surface area contributed by atoms with Gasteiger partial charge in [0, 0.05) is 13.1 Å². The van der Waals surface area contributed by atoms with E-state index in [4.69, 9.17) is 4.74 Å². The van der Waals surface area contributed by atoms with E-state index < -0.39 is 39.9 Å². The van der Waals surface area contributed by atoms with Crippen LogP contribution in [0.3, 0.4) is 0 Å². The highest BCUT2D eigenvalue weighted by molar-refractivity contribution is 8.17. The van der Waals surface area contributed by atoms with Gasteiger partial charge in [-0.05, 0) is 11.8 Å². The van der Waals surface area contributed by atoms with Crippen LogP contribution in [0.15, 0.2) is 4.99 Å². The maximum Gasteiger partial charge on any atom is 0.432 e. The molecule has 0 atom stereocenters. The largest absolute Gasteiger partial charge is 0.432 e. The summed E-state index contributed by atoms with van der Waals surface area (Å²) in [4.78, 5) is 10.9. The van der Waals surface area contributed by atoms with Crippen molar-refractivity contribution in [3.05, 3.63) is 0 Å². The van der Waals surface area contributed by atoms with Gasteiger partial charge in [0.2, 0.25) is 0 Å². The van der Waals surface area contributed by atoms with Crippen LogP contribution in [0.4, 0.5) is 26.3 Å². The Bertz CT molecular complexity index is 427. The lowest BCUT2D eigenvalue weighted by Crippen LogP contribution is -2.51. The fourth-order valence-electron chi connectivity index (χ4n) is 1.78. The molecule has 1 fully saturated rings. The van der Waals surface area contributed by atoms with E-state index >= 15 is 0 Å². The van der Waals surface area contributed by atoms with Crippen LogP contribution in [0.5, 0.6) is 0 Å². The first-order valence-electron chi connectivity index (χ1n) is 5.38. The predicted molar refractivity (Wildman–Crippen MR) is 57.3 cm³/mol. The molecule has 0 spiro atoms. The van der Waals surface area contributed by atoms with Crippen molar-refractivity contribution >= 4 is 22.7 Å². The quantitative estimate of drug-likeness (QED) is 0.638. The van der Waals surface area contributed by atoms with Crippen LogP contribution in [-0.4, -0.2) is 59.4 Å². The molecule has 1 saturated heterocycles. The van der Waals surface area contributed by atoms with E-state index in [1.54, 1.807) is 0 Å². The summed E-state index contributed by atoms with van der Waals surface area (Å²) in [5, 5.41) is -1.33. The SMILES string of the molecule is O=C1SC(C(F)(F)F)(C(F)(F)F)N=C1N1CCOCC1. The first-order chi connectivity index (χ1) is 9.08. The number of morpholine rings is 1. The van der Waals surface area contributed by atoms with Gasteiger partial charge in [-0.15, -0.1) is 0 Å². The summed E-state index contributed by atoms with van der Waals surface area (Å²) in [6.07, 6.45) is -11.4. The average molecular weight is 322 g/mol. The molecule has 0 bridgehead atoms. The third kappa shape index (κ3) is 2.36. The Labute approximate surface area is 113 Å². The Balaban J connectivity index is 2.41. The Morgan fingerprint density at radius 2 is 1.60 bits per heavy atom. The van der Waals surface area contributed by atoms with Gasteiger partial charge in [-0.3, -0.25) is 4.79 Å². The topological polar surface area (TPSA) is 41.9 Å². The van der Waals surface area contributed by atoms with Crippen molar-refractivity contribution in [2.45, 2.75) is 17.2 Å². The number of hydrogen-bond acceptors (Lipinski definition) is 5. The van der Waals surface area contributed by atoms with Crippen LogP contribution in [-0.2, 0) is 9.53 Å². The van der Waals surface area contributed by atoms with Gasteiger partial charge in [0.05, 0.1) is 13.2 Å². The summed E-state index contributed by atoms with van der Waals surface area (Å²) in [6, 6.07) is 0. The normalized spacial score (nSPS) is 24.0. The molecule has 20 heavy (non-hydrogen) atoms. The number of aliphatic imine (C=N–C) groups is 1. The number of nitrogens with zero attached hydrogens (tertiary/aromatic N) is 2. The van der Waals surface area contributed by atoms with Crippen LogP contribution >= 0.6 is 11.8 Å². The van der Waals surface area contributed by atoms with Gasteiger partial charge in [-0.1, -0.05) is 0 Å². The Hall–Kier alpha value is -0.970. The second-order valence-electron chi connectivity index (χ2n) is 4.06. The monoisotopic (exact) mass is 322 g/mol. The number of rotatable bonds is 0. The van der Waals surface area contributed by atoms with Crippen LogP contribution in [0.25, 0.3) is 0 Å². The van der Waals surface area contributed by atoms with Crippen LogP contribution in [0.1, 0.15) is 0 Å². The summed E-state index contributed by atoms with van der Waals surface area (Å²) >= 11 is -0.846. The number of carbonyl (C=O) groups excluding carboxylic acids is 1. The molecule has 0 aliphatic carbocycles. The second kappa shape index (κ2) is 4.79. The molecule has 2 aliphatic heterocycles. The molecule has 114 valence electrons. The highest BCUT2D eigenvalue weighted by atomic mass is 32.2. The molecule has 0 radical (unpaired) electrons. The van der Waals surface area contributed by atoms with E-state index in [-0.39, 0.29) is 26.3 Å². The summed E-state index contributed by atoms with van der Waals surface area (Å²) < 4.78 is 81.6. The molecule has 0 aromatic heterocycles. The maximum absolute atomic E-state index is 12.8. The molecule has 0 aromatic rings. The van der Waals surface area contributed by atoms with Crippen molar-refractivity contribution in [1.82, 2.24) is 4.90 Å². The van der Waals surface area contributed by atoms with Gasteiger partial charge in [0.1, 0.15) is 0 Å². The Morgan fingerprint density at radius 3 is 2.00 bits per heavy atom. The average Bonchev–Trinajstić information content (AvgIpc) is 2.68. The zero-order valence-electron chi connectivity index (χ0n) is 9.72. The molecule has 0 unspecified atom stereocenters. The van der Waals surface area contributed by atoms with Crippen LogP contribution in [0, 0.1) is 0 Å². The van der Waals surface area contributed by atoms with Crippen molar-refractivity contribution in [2.75, 3.05) is 26.3 Å². The van der Waals surface area contributed by atoms with Gasteiger partial charge < -0.3 is 9.64 Å². The molecular formula is C9H8F6N2O2S. The van der Waals surface area contributed by atoms with Crippen molar-refractivity contribution < 1.29 is 35.9 Å². The van der Waals surface area contributed by atoms with E-state index in [2.05, 4.69) is 4.99 Å². The fourth-order valence-corrected chi connectivity index (χ4v) is 2.67. The predicted octanol–water partition coefficient (Wildman–Crippen LogP) is 1.81. The summed E-state index contributed by atoms with van der Waals surface area (Å²) in [7, 11) is 0. The van der Waals surface area contributed by atoms with Crippen LogP contribution in [0.2, 0.25) is 0 Å². The summed E-state index contributed by atoms with van der Waals surface area (Å²) in [5.41, 5.74) is 0. The molecule has 0 amide bonds. The van der Waals surface area contributed by atoms with Gasteiger partial charge in [0.25, 0.3) is 5.12 Å². The number of amidine groups is 1. The molecule has 4 nitrogen and oxygen atoms in total. The zero-order valence-corrected chi connectivity index (χ0v) is 10.5. The van der Waals surface area contributed by atoms with Crippen molar-refractivity contribution in [3.8, 4) is 0 Å². The molecule has 0 aromatic carbocycles. The number of thioether (sulfide) groups is 1. The van der Waals surface area contributed by atoms with Gasteiger partial charge in [0.15, 0.2) is 5.84 Å². The second-order valence-corrected chi connectivity index (χ2v) is 5.23. The van der Waals surface area contributed by atoms with Gasteiger partial charge in [-0.25, -0.2) is 4.99 Å². The number of alkyl halides is 6. The fraction of sp³-hybridized carbons (Fsp3) is 0.778. The highest BCUT2D eigenvalue weighted by Gasteiger charge is 2.76. The number of hydrogen-bond donors (Lipinski definition) is 0. The van der Waals surface area contributed by atoms with E-state index in [0.29, 0.717) is 0 Å². The minimum absolute atomic E-state index is 0.0247. The van der Waals surface area contributed by atoms with Gasteiger partial charge >= 0.3 is 17.2 Å². The minimum Gasteiger partial charge on any atom is -0.378 e. The van der Waals surface area contributed by atoms with Crippen LogP contribution < -0.4 is 0 Å². The smallest absolute Gasteiger partial charge is 0.378 e. The molecule has 0 N–H and O–H groups in total. The first-order valence-corrected chi connectivity index (χ1v) is 6.19. The number of halogens is 6. The molecule has 11 heteroatoms. The van der Waals surface area contributed by atoms with E-state index in [0.717, 1.165) is 4.90 Å². The molecule has 2 heterocycles. The summed E-state index contributed by atoms with van der Waals surface area (Å²) in [5.74, 6) is -0.798. The van der Waals surface area contributed by atoms with E-state index in [1.165, 1.54) is 0 Å². The van der Waals surface area contributed by atoms with Crippen molar-refractivity contribution in [1.29, 1.82) is 0 Å². The molecule has 2 rings (SSSR count). The third-order valence-corrected chi connectivity index (χ3v) is 3.98. The lowest BCUT2D eigenvalue weighted by Gasteiger charge is -2.29. The van der Waals surface area contributed by atoms with Crippen molar-refractivity contribution in [3.63, 3.8) is 0 Å². The standard InChI is InChI=1S/C9H8F6N2O2S/c10-8(11,12)7(9(13,14)15)16-5(6(18)20-7)17-1-3-19-4-2-17/h1-4H2. The van der Waals surface area contributed by atoms with E-state index in [9.17, 15) is 31.1 Å². The van der Waals surface area contributed by atoms with Gasteiger partial charge in [-0.2, -0.15) is 26.3 Å². The zero-order chi connectivity index (χ0) is 15.2. The lowest BCUT2D eigenvalue weighted by atomic mass is 10.2. The highest BCUT2D eigenvalue weighted by Crippen LogP contribution is 2.56. The van der Waals surface area contributed by atoms with Crippen molar-refractivity contribution in [2.24, 2.45) is 4.99 Å². The maximum atomic E-state index is 12.8. The minimum atomic E-state index is -5.71. The number of ether oxygens (including phenoxy) is 1. The Morgan fingerprint density at radius 1 is 1.10 bits per heavy atom. The first kappa shape index (κ1) is 15.4. The third-order valence-electron chi connectivity index (χ3n) is 2.77. The lowest BCUT2D eigenvalue weighted by molar-refractivity contribution is -0.261.